The number of nitrogens with zero attached hydrogens (tertiary/aromatic N) is 2. The molecule has 0 amide bonds. The van der Waals surface area contributed by atoms with Crippen LogP contribution in [-0.4, -0.2) is 9.97 Å². The molecule has 0 aromatic carbocycles. The van der Waals surface area contributed by atoms with Gasteiger partial charge in [-0.1, -0.05) is 0 Å². The number of fused-ring (bicyclic) bond motifs is 1. The molecule has 0 saturated heterocycles. The number of aryl methyl sites for hydroxylation is 1. The van der Waals surface area contributed by atoms with Crippen LogP contribution in [0.5, 0.6) is 5.88 Å². The molecule has 0 bridgehead atoms. The molecule has 1 radical (unpaired) electrons. The summed E-state index contributed by atoms with van der Waals surface area (Å²) < 4.78 is 0. The Bertz CT molecular complexity index is 260. The minimum atomic E-state index is -0.0810. The van der Waals surface area contributed by atoms with E-state index < -0.39 is 0 Å². The third-order valence-corrected chi connectivity index (χ3v) is 1.84. The van der Waals surface area contributed by atoms with Crippen LogP contribution in [0.1, 0.15) is 17.7 Å². The van der Waals surface area contributed by atoms with Crippen molar-refractivity contribution in [3.8, 4) is 5.88 Å². The van der Waals surface area contributed by atoms with Crippen molar-refractivity contribution in [2.24, 2.45) is 0 Å². The average molecular weight is 135 g/mol. The zero-order chi connectivity index (χ0) is 6.97. The van der Waals surface area contributed by atoms with Crippen molar-refractivity contribution in [1.29, 1.82) is 0 Å². The lowest BCUT2D eigenvalue weighted by molar-refractivity contribution is 0.332. The van der Waals surface area contributed by atoms with Crippen LogP contribution in [0.15, 0.2) is 6.33 Å². The second-order valence-corrected chi connectivity index (χ2v) is 2.46. The maximum Gasteiger partial charge on any atom is 0.276 e. The van der Waals surface area contributed by atoms with Crippen LogP contribution in [0.2, 0.25) is 0 Å². The minimum Gasteiger partial charge on any atom is -0.267 e. The van der Waals surface area contributed by atoms with Crippen molar-refractivity contribution < 1.29 is 5.11 Å². The van der Waals surface area contributed by atoms with E-state index in [0.717, 1.165) is 30.5 Å². The molecule has 0 unspecified atom stereocenters. The maximum absolute atomic E-state index is 11.0. The first-order valence-electron chi connectivity index (χ1n) is 3.37. The summed E-state index contributed by atoms with van der Waals surface area (Å²) >= 11 is 0. The lowest BCUT2D eigenvalue weighted by Crippen LogP contribution is -1.88. The number of hydrogen-bond donors (Lipinski definition) is 0. The Kier molecular flexibility index (Phi) is 1.09. The van der Waals surface area contributed by atoms with Crippen LogP contribution in [0, 0.1) is 0 Å². The van der Waals surface area contributed by atoms with Crippen molar-refractivity contribution in [2.75, 3.05) is 0 Å². The van der Waals surface area contributed by atoms with Gasteiger partial charge >= 0.3 is 0 Å². The van der Waals surface area contributed by atoms with Crippen molar-refractivity contribution >= 4 is 0 Å². The molecule has 3 heteroatoms. The first-order chi connectivity index (χ1) is 4.88. The lowest BCUT2D eigenvalue weighted by atomic mass is 10.2. The molecular weight excluding hydrogens is 128 g/mol. The van der Waals surface area contributed by atoms with Crippen molar-refractivity contribution in [3.05, 3.63) is 17.6 Å². The highest BCUT2D eigenvalue weighted by Gasteiger charge is 2.16. The van der Waals surface area contributed by atoms with E-state index in [1.54, 1.807) is 0 Å². The molecule has 0 atom stereocenters. The van der Waals surface area contributed by atoms with Gasteiger partial charge in [-0.3, -0.25) is 5.11 Å². The predicted molar refractivity (Wildman–Crippen MR) is 34.2 cm³/mol. The quantitative estimate of drug-likeness (QED) is 0.535. The summed E-state index contributed by atoms with van der Waals surface area (Å²) in [5.74, 6) is -0.0810. The van der Waals surface area contributed by atoms with E-state index in [1.165, 1.54) is 6.33 Å². The smallest absolute Gasteiger partial charge is 0.267 e. The Balaban J connectivity index is 2.59. The standard InChI is InChI=1S/C7H7N2O/c10-7-5-2-1-3-6(5)8-4-9-7/h4H,1-3H2. The molecule has 1 heterocycles. The predicted octanol–water partition coefficient (Wildman–Crippen LogP) is 1.11. The van der Waals surface area contributed by atoms with E-state index in [0.29, 0.717) is 0 Å². The Morgan fingerprint density at radius 2 is 2.20 bits per heavy atom. The fourth-order valence-electron chi connectivity index (χ4n) is 1.33. The van der Waals surface area contributed by atoms with E-state index in [-0.39, 0.29) is 5.88 Å². The zero-order valence-electron chi connectivity index (χ0n) is 5.50. The van der Waals surface area contributed by atoms with Crippen molar-refractivity contribution in [3.63, 3.8) is 0 Å². The molecule has 0 fully saturated rings. The van der Waals surface area contributed by atoms with Crippen LogP contribution in [0.25, 0.3) is 0 Å². The van der Waals surface area contributed by atoms with Crippen LogP contribution in [0.4, 0.5) is 0 Å². The summed E-state index contributed by atoms with van der Waals surface area (Å²) in [5, 5.41) is 11.0. The van der Waals surface area contributed by atoms with E-state index in [2.05, 4.69) is 9.97 Å². The fraction of sp³-hybridized carbons (Fsp3) is 0.429. The fourth-order valence-corrected chi connectivity index (χ4v) is 1.33. The topological polar surface area (TPSA) is 45.7 Å². The van der Waals surface area contributed by atoms with Gasteiger partial charge < -0.3 is 0 Å². The third-order valence-electron chi connectivity index (χ3n) is 1.84. The molecule has 51 valence electrons. The van der Waals surface area contributed by atoms with Gasteiger partial charge in [0.05, 0.1) is 5.69 Å². The largest absolute Gasteiger partial charge is 0.276 e. The molecule has 1 aromatic rings. The summed E-state index contributed by atoms with van der Waals surface area (Å²) in [4.78, 5) is 7.59. The molecule has 1 aromatic heterocycles. The molecular formula is C7H7N2O. The molecule has 0 saturated carbocycles. The minimum absolute atomic E-state index is 0.0810. The maximum atomic E-state index is 11.0. The first kappa shape index (κ1) is 5.65. The van der Waals surface area contributed by atoms with Gasteiger partial charge in [0, 0.05) is 5.56 Å². The molecule has 0 N–H and O–H groups in total. The third kappa shape index (κ3) is 0.667. The van der Waals surface area contributed by atoms with Crippen LogP contribution >= 0.6 is 0 Å². The highest BCUT2D eigenvalue weighted by atomic mass is 16.3. The Hall–Kier alpha value is -1.12. The number of aromatic nitrogens is 2. The van der Waals surface area contributed by atoms with Crippen LogP contribution in [-0.2, 0) is 17.9 Å². The van der Waals surface area contributed by atoms with Crippen LogP contribution in [0.3, 0.4) is 0 Å². The van der Waals surface area contributed by atoms with Crippen molar-refractivity contribution in [1.82, 2.24) is 9.97 Å². The second-order valence-electron chi connectivity index (χ2n) is 2.46. The summed E-state index contributed by atoms with van der Waals surface area (Å²) in [6.07, 6.45) is 4.23. The van der Waals surface area contributed by atoms with E-state index in [4.69, 9.17) is 0 Å². The molecule has 0 aliphatic heterocycles. The van der Waals surface area contributed by atoms with E-state index in [9.17, 15) is 5.11 Å². The van der Waals surface area contributed by atoms with Gasteiger partial charge in [-0.15, -0.1) is 0 Å². The highest BCUT2D eigenvalue weighted by molar-refractivity contribution is 5.31. The van der Waals surface area contributed by atoms with Gasteiger partial charge in [0.25, 0.3) is 5.88 Å². The number of hydrogen-bond acceptors (Lipinski definition) is 2. The van der Waals surface area contributed by atoms with Gasteiger partial charge in [0.15, 0.2) is 0 Å². The summed E-state index contributed by atoms with van der Waals surface area (Å²) in [6.45, 7) is 0. The average Bonchev–Trinajstić information content (AvgIpc) is 2.36. The molecule has 1 aliphatic carbocycles. The van der Waals surface area contributed by atoms with Gasteiger partial charge in [-0.05, 0) is 19.3 Å². The molecule has 3 nitrogen and oxygen atoms in total. The van der Waals surface area contributed by atoms with E-state index in [1.807, 2.05) is 0 Å². The normalized spacial score (nSPS) is 15.2. The van der Waals surface area contributed by atoms with Crippen molar-refractivity contribution in [2.45, 2.75) is 19.3 Å². The lowest BCUT2D eigenvalue weighted by Gasteiger charge is -1.94. The van der Waals surface area contributed by atoms with Gasteiger partial charge in [0.1, 0.15) is 6.33 Å². The van der Waals surface area contributed by atoms with Gasteiger partial charge in [-0.25, -0.2) is 4.98 Å². The molecule has 0 spiro atoms. The zero-order valence-corrected chi connectivity index (χ0v) is 5.50. The van der Waals surface area contributed by atoms with Crippen LogP contribution < -0.4 is 0 Å². The number of rotatable bonds is 0. The second kappa shape index (κ2) is 1.94. The monoisotopic (exact) mass is 135 g/mol. The SMILES string of the molecule is [O]c1ncnc2c1CCC2. The Labute approximate surface area is 58.8 Å². The molecule has 10 heavy (non-hydrogen) atoms. The molecule has 1 aliphatic rings. The summed E-state index contributed by atoms with van der Waals surface area (Å²) in [5.41, 5.74) is 1.79. The van der Waals surface area contributed by atoms with E-state index >= 15 is 0 Å². The summed E-state index contributed by atoms with van der Waals surface area (Å²) in [6, 6.07) is 0. The highest BCUT2D eigenvalue weighted by Crippen LogP contribution is 2.25. The Morgan fingerprint density at radius 3 is 3.00 bits per heavy atom. The Morgan fingerprint density at radius 1 is 1.30 bits per heavy atom. The van der Waals surface area contributed by atoms with Gasteiger partial charge in [-0.2, -0.15) is 4.98 Å². The summed E-state index contributed by atoms with van der Waals surface area (Å²) in [7, 11) is 0. The first-order valence-corrected chi connectivity index (χ1v) is 3.37. The van der Waals surface area contributed by atoms with Gasteiger partial charge in [0.2, 0.25) is 0 Å². The molecule has 2 rings (SSSR count).